The topological polar surface area (TPSA) is 41.6 Å². The summed E-state index contributed by atoms with van der Waals surface area (Å²) in [5, 5.41) is 3.90. The highest BCUT2D eigenvalue weighted by atomic mass is 16.5. The van der Waals surface area contributed by atoms with E-state index in [2.05, 4.69) is 5.32 Å². The van der Waals surface area contributed by atoms with Crippen LogP contribution in [0.5, 0.6) is 0 Å². The first kappa shape index (κ1) is 13.4. The van der Waals surface area contributed by atoms with Gasteiger partial charge in [-0.3, -0.25) is 4.79 Å². The first-order valence-electron chi connectivity index (χ1n) is 7.80. The van der Waals surface area contributed by atoms with Crippen LogP contribution in [-0.2, 0) is 9.53 Å². The first-order chi connectivity index (χ1) is 9.28. The van der Waals surface area contributed by atoms with Crippen LogP contribution in [0, 0.1) is 11.8 Å². The van der Waals surface area contributed by atoms with Crippen LogP contribution < -0.4 is 5.32 Å². The Morgan fingerprint density at radius 2 is 1.74 bits per heavy atom. The van der Waals surface area contributed by atoms with Crippen molar-refractivity contribution in [1.29, 1.82) is 0 Å². The van der Waals surface area contributed by atoms with Crippen LogP contribution in [0.3, 0.4) is 0 Å². The molecule has 3 rings (SSSR count). The van der Waals surface area contributed by atoms with Crippen molar-refractivity contribution in [2.75, 3.05) is 26.8 Å². The Kier molecular flexibility index (Phi) is 4.08. The van der Waals surface area contributed by atoms with Gasteiger partial charge in [0.1, 0.15) is 6.61 Å². The minimum atomic E-state index is 0.141. The van der Waals surface area contributed by atoms with E-state index in [9.17, 15) is 4.79 Å². The van der Waals surface area contributed by atoms with Crippen molar-refractivity contribution in [3.8, 4) is 0 Å². The molecule has 2 aliphatic carbocycles. The van der Waals surface area contributed by atoms with E-state index in [0.717, 1.165) is 43.8 Å². The largest absolute Gasteiger partial charge is 0.375 e. The fraction of sp³-hybridized carbons (Fsp3) is 0.933. The molecule has 108 valence electrons. The molecule has 2 saturated carbocycles. The number of carbonyl (C=O) groups excluding carboxylic acids is 1. The van der Waals surface area contributed by atoms with Crippen LogP contribution in [0.1, 0.15) is 38.5 Å². The van der Waals surface area contributed by atoms with E-state index in [1.807, 2.05) is 4.90 Å². The normalized spacial score (nSPS) is 25.1. The third-order valence-electron chi connectivity index (χ3n) is 4.80. The van der Waals surface area contributed by atoms with Crippen LogP contribution in [-0.4, -0.2) is 49.7 Å². The molecule has 4 nitrogen and oxygen atoms in total. The van der Waals surface area contributed by atoms with Crippen LogP contribution in [0.2, 0.25) is 0 Å². The van der Waals surface area contributed by atoms with Gasteiger partial charge < -0.3 is 15.0 Å². The molecule has 0 aromatic heterocycles. The number of piperidine rings is 1. The Bertz CT molecular complexity index is 306. The van der Waals surface area contributed by atoms with Gasteiger partial charge in [-0.1, -0.05) is 0 Å². The SMILES string of the molecule is COCC(=O)N1CCC(NC(C2CC2)C2CC2)CC1. The molecule has 1 saturated heterocycles. The van der Waals surface area contributed by atoms with Crippen molar-refractivity contribution >= 4 is 5.91 Å². The number of ether oxygens (including phenoxy) is 1. The van der Waals surface area contributed by atoms with E-state index in [1.54, 1.807) is 7.11 Å². The van der Waals surface area contributed by atoms with Gasteiger partial charge in [-0.05, 0) is 50.4 Å². The number of rotatable bonds is 6. The minimum absolute atomic E-state index is 0.141. The van der Waals surface area contributed by atoms with Gasteiger partial charge in [0.15, 0.2) is 0 Å². The van der Waals surface area contributed by atoms with Gasteiger partial charge in [0.2, 0.25) is 5.91 Å². The van der Waals surface area contributed by atoms with E-state index >= 15 is 0 Å². The van der Waals surface area contributed by atoms with E-state index in [0.29, 0.717) is 6.04 Å². The fourth-order valence-electron chi connectivity index (χ4n) is 3.35. The highest BCUT2D eigenvalue weighted by Gasteiger charge is 2.42. The number of hydrogen-bond acceptors (Lipinski definition) is 3. The lowest BCUT2D eigenvalue weighted by molar-refractivity contribution is -0.136. The predicted molar refractivity (Wildman–Crippen MR) is 73.8 cm³/mol. The molecule has 1 N–H and O–H groups in total. The van der Waals surface area contributed by atoms with Crippen molar-refractivity contribution in [3.63, 3.8) is 0 Å². The third-order valence-corrected chi connectivity index (χ3v) is 4.80. The van der Waals surface area contributed by atoms with E-state index in [1.165, 1.54) is 25.7 Å². The van der Waals surface area contributed by atoms with Gasteiger partial charge in [-0.25, -0.2) is 0 Å². The van der Waals surface area contributed by atoms with Crippen molar-refractivity contribution in [3.05, 3.63) is 0 Å². The van der Waals surface area contributed by atoms with Crippen LogP contribution in [0.4, 0.5) is 0 Å². The maximum absolute atomic E-state index is 11.7. The van der Waals surface area contributed by atoms with E-state index in [-0.39, 0.29) is 12.5 Å². The van der Waals surface area contributed by atoms with Gasteiger partial charge in [0, 0.05) is 32.3 Å². The summed E-state index contributed by atoms with van der Waals surface area (Å²) in [5.41, 5.74) is 0. The molecule has 0 aromatic rings. The molecule has 0 atom stereocenters. The Labute approximate surface area is 115 Å². The summed E-state index contributed by atoms with van der Waals surface area (Å²) < 4.78 is 4.92. The number of carbonyl (C=O) groups is 1. The van der Waals surface area contributed by atoms with Crippen molar-refractivity contribution in [1.82, 2.24) is 10.2 Å². The highest BCUT2D eigenvalue weighted by molar-refractivity contribution is 5.77. The molecule has 3 fully saturated rings. The molecular weight excluding hydrogens is 240 g/mol. The van der Waals surface area contributed by atoms with Gasteiger partial charge in [0.05, 0.1) is 0 Å². The van der Waals surface area contributed by atoms with Crippen LogP contribution in [0.15, 0.2) is 0 Å². The second-order valence-electron chi connectivity index (χ2n) is 6.46. The Hall–Kier alpha value is -0.610. The number of nitrogens with one attached hydrogen (secondary N) is 1. The van der Waals surface area contributed by atoms with E-state index < -0.39 is 0 Å². The molecule has 3 aliphatic rings. The Balaban J connectivity index is 1.43. The minimum Gasteiger partial charge on any atom is -0.375 e. The lowest BCUT2D eigenvalue weighted by Gasteiger charge is -2.34. The number of methoxy groups -OCH3 is 1. The predicted octanol–water partition coefficient (Wildman–Crippen LogP) is 1.40. The fourth-order valence-corrected chi connectivity index (χ4v) is 3.35. The third kappa shape index (κ3) is 3.48. The van der Waals surface area contributed by atoms with E-state index in [4.69, 9.17) is 4.74 Å². The molecule has 0 unspecified atom stereocenters. The Morgan fingerprint density at radius 3 is 2.21 bits per heavy atom. The summed E-state index contributed by atoms with van der Waals surface area (Å²) in [4.78, 5) is 13.7. The van der Waals surface area contributed by atoms with Gasteiger partial charge in [-0.15, -0.1) is 0 Å². The lowest BCUT2D eigenvalue weighted by atomic mass is 10.0. The molecule has 1 aliphatic heterocycles. The molecule has 0 radical (unpaired) electrons. The number of amides is 1. The summed E-state index contributed by atoms with van der Waals surface area (Å²) >= 11 is 0. The maximum Gasteiger partial charge on any atom is 0.248 e. The zero-order valence-electron chi connectivity index (χ0n) is 11.9. The van der Waals surface area contributed by atoms with Crippen molar-refractivity contribution < 1.29 is 9.53 Å². The molecule has 19 heavy (non-hydrogen) atoms. The van der Waals surface area contributed by atoms with Crippen LogP contribution >= 0.6 is 0 Å². The lowest BCUT2D eigenvalue weighted by Crippen LogP contribution is -2.49. The molecule has 0 spiro atoms. The second kappa shape index (κ2) is 5.80. The number of nitrogens with zero attached hydrogens (tertiary/aromatic N) is 1. The van der Waals surface area contributed by atoms with Crippen molar-refractivity contribution in [2.24, 2.45) is 11.8 Å². The highest BCUT2D eigenvalue weighted by Crippen LogP contribution is 2.44. The zero-order valence-corrected chi connectivity index (χ0v) is 11.9. The summed E-state index contributed by atoms with van der Waals surface area (Å²) in [6, 6.07) is 1.41. The molecule has 0 bridgehead atoms. The number of likely N-dealkylation sites (tertiary alicyclic amines) is 1. The molecule has 1 heterocycles. The Morgan fingerprint density at radius 1 is 1.16 bits per heavy atom. The zero-order chi connectivity index (χ0) is 13.2. The standard InChI is InChI=1S/C15H26N2O2/c1-19-10-14(18)17-8-6-13(7-9-17)16-15(11-2-3-11)12-4-5-12/h11-13,15-16H,2-10H2,1H3. The smallest absolute Gasteiger partial charge is 0.248 e. The number of hydrogen-bond donors (Lipinski definition) is 1. The maximum atomic E-state index is 11.7. The summed E-state index contributed by atoms with van der Waals surface area (Å²) in [6.07, 6.45) is 7.92. The summed E-state index contributed by atoms with van der Waals surface area (Å²) in [6.45, 7) is 2.01. The van der Waals surface area contributed by atoms with Gasteiger partial charge >= 0.3 is 0 Å². The average molecular weight is 266 g/mol. The molecular formula is C15H26N2O2. The van der Waals surface area contributed by atoms with Gasteiger partial charge in [-0.2, -0.15) is 0 Å². The molecule has 4 heteroatoms. The monoisotopic (exact) mass is 266 g/mol. The quantitative estimate of drug-likeness (QED) is 0.790. The van der Waals surface area contributed by atoms with Crippen molar-refractivity contribution in [2.45, 2.75) is 50.6 Å². The average Bonchev–Trinajstić information content (AvgIpc) is 3.30. The second-order valence-corrected chi connectivity index (χ2v) is 6.46. The molecule has 0 aromatic carbocycles. The van der Waals surface area contributed by atoms with Gasteiger partial charge in [0.25, 0.3) is 0 Å². The van der Waals surface area contributed by atoms with Crippen LogP contribution in [0.25, 0.3) is 0 Å². The summed E-state index contributed by atoms with van der Waals surface area (Å²) in [5.74, 6) is 2.06. The molecule has 1 amide bonds. The first-order valence-corrected chi connectivity index (χ1v) is 7.80. The summed E-state index contributed by atoms with van der Waals surface area (Å²) in [7, 11) is 1.59.